The summed E-state index contributed by atoms with van der Waals surface area (Å²) in [7, 11) is 0. The molecule has 126 valence electrons. The summed E-state index contributed by atoms with van der Waals surface area (Å²) in [6, 6.07) is 16.2. The summed E-state index contributed by atoms with van der Waals surface area (Å²) in [5.74, 6) is -1.76. The fraction of sp³-hybridized carbons (Fsp3) is 0.250. The van der Waals surface area contributed by atoms with Crippen LogP contribution >= 0.6 is 0 Å². The molecule has 1 fully saturated rings. The Balaban J connectivity index is 1.51. The van der Waals surface area contributed by atoms with Crippen molar-refractivity contribution in [2.24, 2.45) is 11.8 Å². The van der Waals surface area contributed by atoms with Crippen molar-refractivity contribution in [2.75, 3.05) is 0 Å². The van der Waals surface area contributed by atoms with Gasteiger partial charge in [0.05, 0.1) is 17.0 Å². The van der Waals surface area contributed by atoms with Gasteiger partial charge < -0.3 is 4.84 Å². The first-order valence-corrected chi connectivity index (χ1v) is 8.38. The molecule has 1 unspecified atom stereocenters. The van der Waals surface area contributed by atoms with Gasteiger partial charge in [0.25, 0.3) is 11.8 Å². The molecule has 2 aliphatic rings. The van der Waals surface area contributed by atoms with Crippen molar-refractivity contribution >= 4 is 17.8 Å². The van der Waals surface area contributed by atoms with E-state index in [1.54, 1.807) is 24.3 Å². The minimum absolute atomic E-state index is 0.253. The highest BCUT2D eigenvalue weighted by Gasteiger charge is 2.43. The smallest absolute Gasteiger partial charge is 0.329 e. The lowest BCUT2D eigenvalue weighted by atomic mass is 9.95. The average molecular weight is 335 g/mol. The molecule has 2 aromatic rings. The first-order chi connectivity index (χ1) is 12.1. The number of hydroxylamine groups is 2. The van der Waals surface area contributed by atoms with Gasteiger partial charge in [0.2, 0.25) is 0 Å². The third-order valence-corrected chi connectivity index (χ3v) is 4.73. The first-order valence-electron chi connectivity index (χ1n) is 8.38. The Morgan fingerprint density at radius 2 is 1.52 bits per heavy atom. The number of imide groups is 1. The van der Waals surface area contributed by atoms with Gasteiger partial charge in [0, 0.05) is 0 Å². The van der Waals surface area contributed by atoms with E-state index in [0.717, 1.165) is 18.4 Å². The number of carbonyl (C=O) groups is 3. The Kier molecular flexibility index (Phi) is 3.84. The van der Waals surface area contributed by atoms with Crippen LogP contribution in [0.25, 0.3) is 0 Å². The zero-order chi connectivity index (χ0) is 17.4. The van der Waals surface area contributed by atoms with Crippen molar-refractivity contribution in [1.29, 1.82) is 0 Å². The van der Waals surface area contributed by atoms with Crippen LogP contribution in [0.2, 0.25) is 0 Å². The second kappa shape index (κ2) is 6.16. The van der Waals surface area contributed by atoms with Gasteiger partial charge in [-0.25, -0.2) is 4.79 Å². The van der Waals surface area contributed by atoms with Crippen molar-refractivity contribution in [1.82, 2.24) is 5.06 Å². The van der Waals surface area contributed by atoms with Crippen LogP contribution in [-0.4, -0.2) is 22.8 Å². The lowest BCUT2D eigenvalue weighted by molar-refractivity contribution is -0.174. The molecule has 1 saturated carbocycles. The van der Waals surface area contributed by atoms with E-state index >= 15 is 0 Å². The maximum atomic E-state index is 12.7. The molecule has 0 saturated heterocycles. The van der Waals surface area contributed by atoms with E-state index in [0.29, 0.717) is 11.5 Å². The maximum Gasteiger partial charge on any atom is 0.336 e. The van der Waals surface area contributed by atoms with E-state index in [1.807, 2.05) is 30.3 Å². The van der Waals surface area contributed by atoms with Crippen LogP contribution in [-0.2, 0) is 16.1 Å². The monoisotopic (exact) mass is 335 g/mol. The second-order valence-corrected chi connectivity index (χ2v) is 6.49. The van der Waals surface area contributed by atoms with E-state index in [4.69, 9.17) is 4.84 Å². The summed E-state index contributed by atoms with van der Waals surface area (Å²) in [5, 5.41) is 0.605. The van der Waals surface area contributed by atoms with Crippen molar-refractivity contribution in [3.05, 3.63) is 71.3 Å². The predicted octanol–water partition coefficient (Wildman–Crippen LogP) is 3.01. The average Bonchev–Trinajstić information content (AvgIpc) is 3.45. The lowest BCUT2D eigenvalue weighted by Gasteiger charge is -2.19. The molecule has 0 N–H and O–H groups in total. The van der Waals surface area contributed by atoms with Crippen LogP contribution in [0.1, 0.15) is 39.1 Å². The summed E-state index contributed by atoms with van der Waals surface area (Å²) < 4.78 is 0. The van der Waals surface area contributed by atoms with Gasteiger partial charge >= 0.3 is 5.97 Å². The van der Waals surface area contributed by atoms with Crippen molar-refractivity contribution in [2.45, 2.75) is 19.3 Å². The number of hydrogen-bond donors (Lipinski definition) is 0. The molecule has 5 nitrogen and oxygen atoms in total. The molecule has 0 bridgehead atoms. The van der Waals surface area contributed by atoms with E-state index in [2.05, 4.69) is 0 Å². The highest BCUT2D eigenvalue weighted by molar-refractivity contribution is 6.20. The SMILES string of the molecule is O=C(ON1C(=O)c2ccccc2C1=O)C(Cc1ccccc1)C1CC1. The molecule has 2 amide bonds. The van der Waals surface area contributed by atoms with Crippen LogP contribution in [0.5, 0.6) is 0 Å². The second-order valence-electron chi connectivity index (χ2n) is 6.49. The third kappa shape index (κ3) is 2.93. The number of amides is 2. The summed E-state index contributed by atoms with van der Waals surface area (Å²) in [4.78, 5) is 42.6. The first kappa shape index (κ1) is 15.6. The molecule has 0 radical (unpaired) electrons. The number of fused-ring (bicyclic) bond motifs is 1. The molecule has 0 spiro atoms. The molecule has 1 heterocycles. The zero-order valence-corrected chi connectivity index (χ0v) is 13.6. The van der Waals surface area contributed by atoms with Crippen LogP contribution in [0.4, 0.5) is 0 Å². The van der Waals surface area contributed by atoms with Gasteiger partial charge in [-0.2, -0.15) is 0 Å². The number of benzene rings is 2. The lowest BCUT2D eigenvalue weighted by Crippen LogP contribution is -2.36. The van der Waals surface area contributed by atoms with Gasteiger partial charge in [0.15, 0.2) is 0 Å². The Hall–Kier alpha value is -2.95. The topological polar surface area (TPSA) is 63.7 Å². The molecule has 4 rings (SSSR count). The van der Waals surface area contributed by atoms with Crippen LogP contribution in [0.3, 0.4) is 0 Å². The standard InChI is InChI=1S/C20H17NO4/c22-18-15-8-4-5-9-16(15)19(23)21(18)25-20(24)17(14-10-11-14)12-13-6-2-1-3-7-13/h1-9,14,17H,10-12H2. The molecular formula is C20H17NO4. The number of nitrogens with zero attached hydrogens (tertiary/aromatic N) is 1. The zero-order valence-electron chi connectivity index (χ0n) is 13.6. The highest BCUT2D eigenvalue weighted by atomic mass is 16.7. The third-order valence-electron chi connectivity index (χ3n) is 4.73. The van der Waals surface area contributed by atoms with Gasteiger partial charge in [0.1, 0.15) is 0 Å². The van der Waals surface area contributed by atoms with Crippen molar-refractivity contribution in [3.63, 3.8) is 0 Å². The summed E-state index contributed by atoms with van der Waals surface area (Å²) in [6.45, 7) is 0. The number of carbonyl (C=O) groups excluding carboxylic acids is 3. The van der Waals surface area contributed by atoms with Crippen LogP contribution in [0.15, 0.2) is 54.6 Å². The van der Waals surface area contributed by atoms with Gasteiger partial charge in [-0.1, -0.05) is 47.5 Å². The van der Waals surface area contributed by atoms with Crippen molar-refractivity contribution < 1.29 is 19.2 Å². The largest absolute Gasteiger partial charge is 0.336 e. The molecule has 25 heavy (non-hydrogen) atoms. The minimum atomic E-state index is -0.580. The Bertz CT molecular complexity index is 807. The number of rotatable bonds is 5. The Morgan fingerprint density at radius 3 is 2.08 bits per heavy atom. The van der Waals surface area contributed by atoms with E-state index in [1.165, 1.54) is 0 Å². The van der Waals surface area contributed by atoms with E-state index in [-0.39, 0.29) is 23.0 Å². The van der Waals surface area contributed by atoms with Gasteiger partial charge in [-0.3, -0.25) is 9.59 Å². The molecular weight excluding hydrogens is 318 g/mol. The summed E-state index contributed by atoms with van der Waals surface area (Å²) >= 11 is 0. The molecule has 1 atom stereocenters. The highest BCUT2D eigenvalue weighted by Crippen LogP contribution is 2.39. The number of hydrogen-bond acceptors (Lipinski definition) is 4. The van der Waals surface area contributed by atoms with E-state index < -0.39 is 17.8 Å². The van der Waals surface area contributed by atoms with Gasteiger partial charge in [-0.15, -0.1) is 0 Å². The Labute approximate surface area is 145 Å². The van der Waals surface area contributed by atoms with Crippen LogP contribution in [0, 0.1) is 11.8 Å². The maximum absolute atomic E-state index is 12.7. The molecule has 5 heteroatoms. The molecule has 1 aliphatic carbocycles. The fourth-order valence-corrected chi connectivity index (χ4v) is 3.22. The quantitative estimate of drug-likeness (QED) is 0.788. The predicted molar refractivity (Wildman–Crippen MR) is 89.4 cm³/mol. The Morgan fingerprint density at radius 1 is 0.960 bits per heavy atom. The molecule has 1 aliphatic heterocycles. The van der Waals surface area contributed by atoms with Gasteiger partial charge in [-0.05, 0) is 42.9 Å². The van der Waals surface area contributed by atoms with Crippen LogP contribution < -0.4 is 0 Å². The molecule has 2 aromatic carbocycles. The summed E-state index contributed by atoms with van der Waals surface area (Å²) in [6.07, 6.45) is 2.48. The van der Waals surface area contributed by atoms with Crippen molar-refractivity contribution in [3.8, 4) is 0 Å². The molecule has 0 aromatic heterocycles. The normalized spacial score (nSPS) is 17.4. The minimum Gasteiger partial charge on any atom is -0.329 e. The summed E-state index contributed by atoms with van der Waals surface area (Å²) in [5.41, 5.74) is 1.58. The van der Waals surface area contributed by atoms with E-state index in [9.17, 15) is 14.4 Å². The fourth-order valence-electron chi connectivity index (χ4n) is 3.22.